The molecule has 1 saturated heterocycles. The molecular formula is C10H19INO4P. The van der Waals surface area contributed by atoms with E-state index in [9.17, 15) is 10.1 Å². The van der Waals surface area contributed by atoms with Crippen LogP contribution in [-0.2, 0) is 9.26 Å². The molecule has 1 heterocycles. The molecule has 5 nitrogen and oxygen atoms in total. The molecule has 0 aromatic carbocycles. The van der Waals surface area contributed by atoms with Gasteiger partial charge in [0.25, 0.3) is 0 Å². The Labute approximate surface area is 117 Å². The van der Waals surface area contributed by atoms with Crippen LogP contribution in [0.5, 0.6) is 0 Å². The Morgan fingerprint density at radius 1 is 1.29 bits per heavy atom. The molecule has 0 aromatic rings. The Morgan fingerprint density at radius 2 is 1.88 bits per heavy atom. The molecular weight excluding hydrogens is 356 g/mol. The summed E-state index contributed by atoms with van der Waals surface area (Å²) in [6.45, 7) is 7.14. The summed E-state index contributed by atoms with van der Waals surface area (Å²) in [6.07, 6.45) is -0.309. The summed E-state index contributed by atoms with van der Waals surface area (Å²) in [5.41, 5.74) is 0. The van der Waals surface area contributed by atoms with Crippen molar-refractivity contribution >= 4 is 28.5 Å². The highest BCUT2D eigenvalue weighted by molar-refractivity contribution is 14.2. The Bertz CT molecular complexity index is 269. The third-order valence-corrected chi connectivity index (χ3v) is 5.02. The van der Waals surface area contributed by atoms with Crippen LogP contribution in [0.1, 0.15) is 20.8 Å². The third kappa shape index (κ3) is 4.26. The summed E-state index contributed by atoms with van der Waals surface area (Å²) < 4.78 is 11.2. The van der Waals surface area contributed by atoms with Gasteiger partial charge in [0.2, 0.25) is 6.54 Å². The molecule has 1 unspecified atom stereocenters. The third-order valence-electron chi connectivity index (χ3n) is 3.81. The Morgan fingerprint density at radius 3 is 2.41 bits per heavy atom. The van der Waals surface area contributed by atoms with E-state index in [1.54, 1.807) is 0 Å². The van der Waals surface area contributed by atoms with Crippen molar-refractivity contribution in [3.8, 4) is 0 Å². The number of hydrogen-bond donors (Lipinski definition) is 0. The number of hydrogen-bond acceptors (Lipinski definition) is 4. The number of halogens is 1. The van der Waals surface area contributed by atoms with Crippen LogP contribution in [0.25, 0.3) is 0 Å². The van der Waals surface area contributed by atoms with E-state index >= 15 is 0 Å². The molecule has 0 spiro atoms. The molecule has 0 amide bonds. The van der Waals surface area contributed by atoms with Crippen molar-refractivity contribution in [2.24, 2.45) is 17.8 Å². The second-order valence-electron chi connectivity index (χ2n) is 4.69. The van der Waals surface area contributed by atoms with Crippen LogP contribution >= 0.6 is 28.5 Å². The Hall–Kier alpha value is 0.480. The smallest absolute Gasteiger partial charge is 0.229 e. The minimum atomic E-state index is -0.290. The van der Waals surface area contributed by atoms with Gasteiger partial charge in [-0.05, 0) is 39.8 Å². The first-order valence-electron chi connectivity index (χ1n) is 5.72. The molecule has 6 atom stereocenters. The molecule has 7 heteroatoms. The molecule has 1 aliphatic rings. The van der Waals surface area contributed by atoms with Gasteiger partial charge in [-0.3, -0.25) is 10.1 Å². The largest absolute Gasteiger partial charge is 0.365 e. The maximum atomic E-state index is 10.6. The van der Waals surface area contributed by atoms with Gasteiger partial charge < -0.3 is 9.26 Å². The maximum absolute atomic E-state index is 10.6. The lowest BCUT2D eigenvalue weighted by molar-refractivity contribution is -0.497. The number of nitro groups is 1. The van der Waals surface area contributed by atoms with Crippen LogP contribution in [0, 0.1) is 27.9 Å². The minimum Gasteiger partial charge on any atom is -0.365 e. The molecule has 1 aliphatic heterocycles. The molecule has 100 valence electrons. The second-order valence-corrected chi connectivity index (χ2v) is 6.46. The van der Waals surface area contributed by atoms with E-state index in [0.29, 0.717) is 24.9 Å². The molecule has 0 aromatic heterocycles. The highest BCUT2D eigenvalue weighted by Gasteiger charge is 2.41. The SMILES string of the molecule is C[C@@H]1[C@@H](C)[C@H](C[N+](=O)[O-])O[C@H](COPI)[C@@H]1C. The van der Waals surface area contributed by atoms with Gasteiger partial charge in [-0.15, -0.1) is 0 Å². The van der Waals surface area contributed by atoms with Gasteiger partial charge in [0.15, 0.2) is 0 Å². The number of ether oxygens (including phenoxy) is 1. The van der Waals surface area contributed by atoms with Crippen molar-refractivity contribution in [1.29, 1.82) is 0 Å². The molecule has 0 bridgehead atoms. The van der Waals surface area contributed by atoms with Crippen LogP contribution in [0.15, 0.2) is 0 Å². The van der Waals surface area contributed by atoms with Crippen LogP contribution in [0.3, 0.4) is 0 Å². The normalized spacial score (nSPS) is 38.7. The summed E-state index contributed by atoms with van der Waals surface area (Å²) >= 11 is 2.17. The van der Waals surface area contributed by atoms with E-state index in [1.807, 2.05) is 6.92 Å². The van der Waals surface area contributed by atoms with Crippen molar-refractivity contribution in [3.05, 3.63) is 10.1 Å². The predicted molar refractivity (Wildman–Crippen MR) is 76.3 cm³/mol. The zero-order chi connectivity index (χ0) is 13.0. The van der Waals surface area contributed by atoms with Crippen molar-refractivity contribution in [2.75, 3.05) is 13.2 Å². The fourth-order valence-electron chi connectivity index (χ4n) is 2.29. The molecule has 0 radical (unpaired) electrons. The van der Waals surface area contributed by atoms with E-state index in [4.69, 9.17) is 9.26 Å². The van der Waals surface area contributed by atoms with Crippen LogP contribution in [0.2, 0.25) is 0 Å². The van der Waals surface area contributed by atoms with Gasteiger partial charge in [0.1, 0.15) is 6.10 Å². The first-order valence-corrected chi connectivity index (χ1v) is 9.74. The number of rotatable bonds is 5. The quantitative estimate of drug-likeness (QED) is 0.321. The van der Waals surface area contributed by atoms with Gasteiger partial charge in [-0.1, -0.05) is 20.8 Å². The fourth-order valence-corrected chi connectivity index (χ4v) is 3.06. The summed E-state index contributed by atoms with van der Waals surface area (Å²) in [6, 6.07) is 0. The average Bonchev–Trinajstić information content (AvgIpc) is 2.28. The van der Waals surface area contributed by atoms with E-state index < -0.39 is 0 Å². The fraction of sp³-hybridized carbons (Fsp3) is 1.00. The number of nitrogens with zero attached hydrogens (tertiary/aromatic N) is 1. The lowest BCUT2D eigenvalue weighted by atomic mass is 9.76. The van der Waals surface area contributed by atoms with Gasteiger partial charge in [-0.25, -0.2) is 0 Å². The average molecular weight is 375 g/mol. The molecule has 0 saturated carbocycles. The highest BCUT2D eigenvalue weighted by Crippen LogP contribution is 2.36. The van der Waals surface area contributed by atoms with Crippen LogP contribution in [0.4, 0.5) is 0 Å². The van der Waals surface area contributed by atoms with Crippen molar-refractivity contribution in [1.82, 2.24) is 0 Å². The highest BCUT2D eigenvalue weighted by atomic mass is 127. The minimum absolute atomic E-state index is 0.0200. The molecule has 17 heavy (non-hydrogen) atoms. The zero-order valence-corrected chi connectivity index (χ0v) is 13.4. The first-order chi connectivity index (χ1) is 7.97. The molecule has 0 N–H and O–H groups in total. The van der Waals surface area contributed by atoms with Crippen molar-refractivity contribution < 1.29 is 14.2 Å². The van der Waals surface area contributed by atoms with Gasteiger partial charge >= 0.3 is 0 Å². The molecule has 1 fully saturated rings. The van der Waals surface area contributed by atoms with E-state index in [0.717, 1.165) is 0 Å². The zero-order valence-electron chi connectivity index (χ0n) is 10.3. The van der Waals surface area contributed by atoms with Crippen molar-refractivity contribution in [2.45, 2.75) is 33.0 Å². The van der Waals surface area contributed by atoms with Gasteiger partial charge in [-0.2, -0.15) is 0 Å². The summed E-state index contributed by atoms with van der Waals surface area (Å²) in [4.78, 5) is 10.3. The lowest BCUT2D eigenvalue weighted by Crippen LogP contribution is -2.48. The molecule has 1 rings (SSSR count). The standard InChI is InChI=1S/C10H19INO4P/c1-6-7(2)9(4-12(13)14)16-10(8(6)3)5-15-17-11/h6-10,17H,4-5H2,1-3H3/t6-,7-,8-,9+,10-/m1/s1. The molecule has 0 aliphatic carbocycles. The summed E-state index contributed by atoms with van der Waals surface area (Å²) in [7, 11) is 0. The van der Waals surface area contributed by atoms with Crippen LogP contribution in [-0.4, -0.2) is 30.3 Å². The monoisotopic (exact) mass is 375 g/mol. The van der Waals surface area contributed by atoms with Crippen molar-refractivity contribution in [3.63, 3.8) is 0 Å². The predicted octanol–water partition coefficient (Wildman–Crippen LogP) is 2.90. The van der Waals surface area contributed by atoms with Gasteiger partial charge in [0.05, 0.1) is 19.2 Å². The van der Waals surface area contributed by atoms with Gasteiger partial charge in [0, 0.05) is 4.92 Å². The summed E-state index contributed by atoms with van der Waals surface area (Å²) in [5, 5.41) is 10.6. The lowest BCUT2D eigenvalue weighted by Gasteiger charge is -2.42. The Balaban J connectivity index is 2.64. The maximum Gasteiger partial charge on any atom is 0.229 e. The van der Waals surface area contributed by atoms with E-state index in [2.05, 4.69) is 35.9 Å². The van der Waals surface area contributed by atoms with E-state index in [1.165, 1.54) is 0 Å². The van der Waals surface area contributed by atoms with E-state index in [-0.39, 0.29) is 29.6 Å². The topological polar surface area (TPSA) is 61.6 Å². The first kappa shape index (κ1) is 15.5. The summed E-state index contributed by atoms with van der Waals surface area (Å²) in [5.74, 6) is 1.01. The second kappa shape index (κ2) is 7.16. The van der Waals surface area contributed by atoms with Crippen LogP contribution < -0.4 is 0 Å². The Kier molecular flexibility index (Phi) is 6.55.